The average Bonchev–Trinajstić information content (AvgIpc) is 3.47. The van der Waals surface area contributed by atoms with Crippen LogP contribution in [0.4, 0.5) is 0 Å². The summed E-state index contributed by atoms with van der Waals surface area (Å²) < 4.78 is 37.0. The summed E-state index contributed by atoms with van der Waals surface area (Å²) in [4.78, 5) is 12.6. The monoisotopic (exact) mass is 511 g/mol. The Kier molecular flexibility index (Phi) is 7.37. The van der Waals surface area contributed by atoms with Gasteiger partial charge in [0.25, 0.3) is 15.9 Å². The Morgan fingerprint density at radius 1 is 1.31 bits per heavy atom. The predicted octanol–water partition coefficient (Wildman–Crippen LogP) is 3.43. The molecule has 0 bridgehead atoms. The lowest BCUT2D eigenvalue weighted by Crippen LogP contribution is -2.44. The zero-order valence-electron chi connectivity index (χ0n) is 21.1. The van der Waals surface area contributed by atoms with E-state index in [1.165, 1.54) is 12.2 Å². The van der Waals surface area contributed by atoms with Gasteiger partial charge in [-0.15, -0.1) is 6.58 Å². The number of fused-ring (bicyclic) bond motifs is 1. The van der Waals surface area contributed by atoms with E-state index >= 15 is 0 Å². The molecule has 1 unspecified atom stereocenters. The van der Waals surface area contributed by atoms with E-state index in [1.54, 1.807) is 10.8 Å². The molecule has 2 heterocycles. The summed E-state index contributed by atoms with van der Waals surface area (Å²) in [5.74, 6) is 1.24. The van der Waals surface area contributed by atoms with E-state index < -0.39 is 21.3 Å². The molecule has 0 spiro atoms. The molecule has 0 aliphatic heterocycles. The number of rotatable bonds is 11. The van der Waals surface area contributed by atoms with Crippen LogP contribution in [0.25, 0.3) is 22.8 Å². The zero-order valence-corrected chi connectivity index (χ0v) is 21.9. The molecule has 3 aromatic rings. The van der Waals surface area contributed by atoms with Gasteiger partial charge in [-0.2, -0.15) is 5.10 Å². The van der Waals surface area contributed by atoms with Crippen LogP contribution in [-0.2, 0) is 21.9 Å². The first kappa shape index (κ1) is 25.7. The van der Waals surface area contributed by atoms with Gasteiger partial charge in [-0.25, -0.2) is 13.1 Å². The van der Waals surface area contributed by atoms with Gasteiger partial charge < -0.3 is 9.30 Å². The average molecular weight is 512 g/mol. The molecule has 1 aromatic carbocycles. The van der Waals surface area contributed by atoms with E-state index in [0.29, 0.717) is 23.7 Å². The van der Waals surface area contributed by atoms with Crippen LogP contribution in [0.2, 0.25) is 0 Å². The maximum atomic E-state index is 12.7. The fourth-order valence-electron chi connectivity index (χ4n) is 4.10. The van der Waals surface area contributed by atoms with Crippen molar-refractivity contribution in [1.82, 2.24) is 24.4 Å². The van der Waals surface area contributed by atoms with Gasteiger partial charge in [0, 0.05) is 36.3 Å². The molecule has 0 radical (unpaired) electrons. The number of amides is 1. The Balaban J connectivity index is 1.59. The maximum absolute atomic E-state index is 12.7. The summed E-state index contributed by atoms with van der Waals surface area (Å²) in [6.07, 6.45) is 8.24. The van der Waals surface area contributed by atoms with Gasteiger partial charge in [0.1, 0.15) is 16.9 Å². The molecule has 1 fully saturated rings. The lowest BCUT2D eigenvalue weighted by Gasteiger charge is -2.15. The number of hydrogen-bond donors (Lipinski definition) is 2. The summed E-state index contributed by atoms with van der Waals surface area (Å²) in [7, 11) is -2.14. The molecule has 4 rings (SSSR count). The highest BCUT2D eigenvalue weighted by molar-refractivity contribution is 7.90. The van der Waals surface area contributed by atoms with Gasteiger partial charge in [0.2, 0.25) is 0 Å². The highest BCUT2D eigenvalue weighted by Gasteiger charge is 2.27. The number of ether oxygens (including phenoxy) is 1. The molecule has 192 valence electrons. The number of carbonyl (C=O) groups excluding carboxylic acids is 1. The second-order valence-electron chi connectivity index (χ2n) is 9.37. The summed E-state index contributed by atoms with van der Waals surface area (Å²) in [6, 6.07) is 7.89. The number of nitrogens with zero attached hydrogens (tertiary/aromatic N) is 3. The Labute approximate surface area is 211 Å². The molecule has 9 nitrogen and oxygen atoms in total. The van der Waals surface area contributed by atoms with E-state index in [9.17, 15) is 13.2 Å². The second kappa shape index (κ2) is 10.3. The van der Waals surface area contributed by atoms with E-state index in [0.717, 1.165) is 35.3 Å². The summed E-state index contributed by atoms with van der Waals surface area (Å²) in [5, 5.41) is 7.46. The smallest absolute Gasteiger partial charge is 0.257 e. The molecular weight excluding hydrogens is 478 g/mol. The molecule has 36 heavy (non-hydrogen) atoms. The standard InChI is InChI=1S/C26H33N5O4S/c1-6-25(27-16-19-7-8-19)36(33,34)29-24(32)12-11-22-18(4)28-30(5)26(22)31-14-13-20-9-10-21(15-23(20)31)35-17(2)3/h6,9-15,17,19,25,27H,1,7-8,16H2,2-5H3,(H,29,32)/b12-11+. The second-order valence-corrected chi connectivity index (χ2v) is 11.2. The molecule has 1 saturated carbocycles. The van der Waals surface area contributed by atoms with Crippen molar-refractivity contribution in [2.45, 2.75) is 45.1 Å². The molecule has 2 aromatic heterocycles. The van der Waals surface area contributed by atoms with Crippen molar-refractivity contribution in [3.05, 3.63) is 60.5 Å². The van der Waals surface area contributed by atoms with Crippen LogP contribution in [0, 0.1) is 12.8 Å². The first-order chi connectivity index (χ1) is 17.1. The van der Waals surface area contributed by atoms with E-state index in [-0.39, 0.29) is 6.10 Å². The SMILES string of the molecule is C=CC(NCC1CC1)S(=O)(=O)NC(=O)/C=C/c1c(C)nn(C)c1-n1ccc2ccc(OC(C)C)cc21. The Hall–Kier alpha value is -3.37. The van der Waals surface area contributed by atoms with Gasteiger partial charge in [-0.1, -0.05) is 6.08 Å². The highest BCUT2D eigenvalue weighted by atomic mass is 32.2. The Morgan fingerprint density at radius 2 is 2.06 bits per heavy atom. The molecule has 1 aliphatic carbocycles. The number of hydrogen-bond acceptors (Lipinski definition) is 6. The van der Waals surface area contributed by atoms with Gasteiger partial charge in [-0.3, -0.25) is 14.8 Å². The minimum absolute atomic E-state index is 0.0442. The summed E-state index contributed by atoms with van der Waals surface area (Å²) in [6.45, 7) is 9.96. The summed E-state index contributed by atoms with van der Waals surface area (Å²) in [5.41, 5.74) is 2.32. The maximum Gasteiger partial charge on any atom is 0.257 e. The first-order valence-corrected chi connectivity index (χ1v) is 13.5. The van der Waals surface area contributed by atoms with E-state index in [2.05, 4.69) is 21.7 Å². The lowest BCUT2D eigenvalue weighted by atomic mass is 10.2. The molecule has 1 amide bonds. The fourth-order valence-corrected chi connectivity index (χ4v) is 5.15. The van der Waals surface area contributed by atoms with Crippen LogP contribution in [-0.4, -0.2) is 46.7 Å². The number of carbonyl (C=O) groups is 1. The van der Waals surface area contributed by atoms with Crippen LogP contribution in [0.1, 0.15) is 37.9 Å². The van der Waals surface area contributed by atoms with Crippen LogP contribution in [0.5, 0.6) is 5.75 Å². The molecule has 2 N–H and O–H groups in total. The molecular formula is C26H33N5O4S. The van der Waals surface area contributed by atoms with Gasteiger partial charge in [0.15, 0.2) is 0 Å². The minimum atomic E-state index is -3.97. The van der Waals surface area contributed by atoms with E-state index in [4.69, 9.17) is 4.74 Å². The van der Waals surface area contributed by atoms with Crippen LogP contribution in [0.3, 0.4) is 0 Å². The third-order valence-electron chi connectivity index (χ3n) is 6.00. The normalized spacial score (nSPS) is 15.0. The number of aromatic nitrogens is 3. The minimum Gasteiger partial charge on any atom is -0.491 e. The topological polar surface area (TPSA) is 107 Å². The van der Waals surface area contributed by atoms with Crippen molar-refractivity contribution in [1.29, 1.82) is 0 Å². The lowest BCUT2D eigenvalue weighted by molar-refractivity contribution is -0.114. The van der Waals surface area contributed by atoms with Gasteiger partial charge >= 0.3 is 0 Å². The van der Waals surface area contributed by atoms with E-state index in [1.807, 2.05) is 62.8 Å². The third kappa shape index (κ3) is 5.71. The van der Waals surface area contributed by atoms with Crippen molar-refractivity contribution < 1.29 is 17.9 Å². The Bertz CT molecular complexity index is 1410. The van der Waals surface area contributed by atoms with Crippen LogP contribution < -0.4 is 14.8 Å². The summed E-state index contributed by atoms with van der Waals surface area (Å²) >= 11 is 0. The van der Waals surface area contributed by atoms with Crippen molar-refractivity contribution in [3.8, 4) is 11.6 Å². The number of sulfonamides is 1. The predicted molar refractivity (Wildman–Crippen MR) is 141 cm³/mol. The number of benzene rings is 1. The van der Waals surface area contributed by atoms with Crippen molar-refractivity contribution >= 4 is 32.9 Å². The van der Waals surface area contributed by atoms with Crippen LogP contribution >= 0.6 is 0 Å². The molecule has 10 heteroatoms. The number of aryl methyl sites for hydroxylation is 2. The molecule has 1 aliphatic rings. The van der Waals surface area contributed by atoms with Crippen LogP contribution in [0.15, 0.2) is 49.2 Å². The highest BCUT2D eigenvalue weighted by Crippen LogP contribution is 2.29. The Morgan fingerprint density at radius 3 is 2.72 bits per heavy atom. The largest absolute Gasteiger partial charge is 0.491 e. The zero-order chi connectivity index (χ0) is 26.0. The molecule has 1 atom stereocenters. The van der Waals surface area contributed by atoms with Gasteiger partial charge in [0.05, 0.1) is 17.3 Å². The van der Waals surface area contributed by atoms with Crippen molar-refractivity contribution in [2.24, 2.45) is 13.0 Å². The van der Waals surface area contributed by atoms with Gasteiger partial charge in [-0.05, 0) is 70.4 Å². The van der Waals surface area contributed by atoms with Crippen molar-refractivity contribution in [3.63, 3.8) is 0 Å². The first-order valence-electron chi connectivity index (χ1n) is 12.0. The fraction of sp³-hybridized carbons (Fsp3) is 0.385. The third-order valence-corrected chi connectivity index (χ3v) is 7.51. The quantitative estimate of drug-likeness (QED) is 0.302. The van der Waals surface area contributed by atoms with Crippen molar-refractivity contribution in [2.75, 3.05) is 6.54 Å². The number of nitrogens with one attached hydrogen (secondary N) is 2. The molecule has 0 saturated heterocycles.